The number of aliphatic carboxylic acids is 1. The van der Waals surface area contributed by atoms with Crippen molar-refractivity contribution in [3.8, 4) is 0 Å². The molecule has 0 saturated heterocycles. The molecule has 0 aliphatic heterocycles. The number of thiazole rings is 1. The van der Waals surface area contributed by atoms with Crippen LogP contribution in [0, 0.1) is 0 Å². The van der Waals surface area contributed by atoms with Gasteiger partial charge in [0.1, 0.15) is 5.01 Å². The van der Waals surface area contributed by atoms with Gasteiger partial charge in [-0.25, -0.2) is 4.98 Å². The molecule has 1 aromatic heterocycles. The third kappa shape index (κ3) is 2.83. The second kappa shape index (κ2) is 4.47. The average molecular weight is 203 g/mol. The summed E-state index contributed by atoms with van der Waals surface area (Å²) >= 11 is 2.94. The van der Waals surface area contributed by atoms with Crippen molar-refractivity contribution in [2.75, 3.05) is 0 Å². The fraction of sp³-hybridized carbons (Fsp3) is 0.429. The van der Waals surface area contributed by atoms with Crippen molar-refractivity contribution in [3.05, 3.63) is 16.6 Å². The molecule has 5 heteroatoms. The normalized spacial score (nSPS) is 12.8. The monoisotopic (exact) mass is 203 g/mol. The van der Waals surface area contributed by atoms with Crippen LogP contribution in [0.3, 0.4) is 0 Å². The number of thioether (sulfide) groups is 1. The molecule has 0 spiro atoms. The Morgan fingerprint density at radius 2 is 2.67 bits per heavy atom. The molecule has 0 radical (unpaired) electrons. The number of carbonyl (C=O) groups is 1. The van der Waals surface area contributed by atoms with Gasteiger partial charge in [-0.05, 0) is 6.92 Å². The van der Waals surface area contributed by atoms with Crippen molar-refractivity contribution in [1.82, 2.24) is 4.98 Å². The summed E-state index contributed by atoms with van der Waals surface area (Å²) in [4.78, 5) is 14.5. The predicted molar refractivity (Wildman–Crippen MR) is 50.5 cm³/mol. The van der Waals surface area contributed by atoms with Gasteiger partial charge in [0.2, 0.25) is 0 Å². The van der Waals surface area contributed by atoms with Crippen LogP contribution >= 0.6 is 23.1 Å². The van der Waals surface area contributed by atoms with Crippen LogP contribution in [-0.4, -0.2) is 21.3 Å². The van der Waals surface area contributed by atoms with E-state index in [1.807, 2.05) is 5.38 Å². The average Bonchev–Trinajstić information content (AvgIpc) is 2.51. The van der Waals surface area contributed by atoms with Gasteiger partial charge in [-0.2, -0.15) is 0 Å². The van der Waals surface area contributed by atoms with E-state index in [1.165, 1.54) is 11.8 Å². The Balaban J connectivity index is 2.31. The predicted octanol–water partition coefficient (Wildman–Crippen LogP) is 1.85. The molecule has 1 unspecified atom stereocenters. The lowest BCUT2D eigenvalue weighted by atomic mass is 10.5. The first-order valence-corrected chi connectivity index (χ1v) is 5.36. The molecule has 1 aromatic rings. The van der Waals surface area contributed by atoms with Crippen LogP contribution in [0.2, 0.25) is 0 Å². The number of rotatable bonds is 4. The van der Waals surface area contributed by atoms with Crippen molar-refractivity contribution < 1.29 is 9.90 Å². The second-order valence-corrected chi connectivity index (χ2v) is 4.53. The fourth-order valence-electron chi connectivity index (χ4n) is 0.592. The maximum Gasteiger partial charge on any atom is 0.316 e. The van der Waals surface area contributed by atoms with Crippen LogP contribution in [0.25, 0.3) is 0 Å². The molecule has 0 aliphatic rings. The van der Waals surface area contributed by atoms with E-state index >= 15 is 0 Å². The highest BCUT2D eigenvalue weighted by Gasteiger charge is 2.11. The van der Waals surface area contributed by atoms with E-state index in [9.17, 15) is 4.79 Å². The molecule has 0 saturated carbocycles. The largest absolute Gasteiger partial charge is 0.480 e. The van der Waals surface area contributed by atoms with E-state index in [0.29, 0.717) is 5.75 Å². The summed E-state index contributed by atoms with van der Waals surface area (Å²) in [7, 11) is 0. The number of nitrogens with zero attached hydrogens (tertiary/aromatic N) is 1. The van der Waals surface area contributed by atoms with Crippen LogP contribution < -0.4 is 0 Å². The third-order valence-electron chi connectivity index (χ3n) is 1.29. The van der Waals surface area contributed by atoms with Crippen LogP contribution in [-0.2, 0) is 10.5 Å². The van der Waals surface area contributed by atoms with Gasteiger partial charge in [0.25, 0.3) is 0 Å². The molecule has 0 aromatic carbocycles. The molecular weight excluding hydrogens is 194 g/mol. The van der Waals surface area contributed by atoms with Crippen molar-refractivity contribution >= 4 is 29.1 Å². The van der Waals surface area contributed by atoms with Crippen molar-refractivity contribution in [3.63, 3.8) is 0 Å². The van der Waals surface area contributed by atoms with Crippen LogP contribution in [0.15, 0.2) is 11.6 Å². The molecule has 0 fully saturated rings. The van der Waals surface area contributed by atoms with Crippen LogP contribution in [0.5, 0.6) is 0 Å². The van der Waals surface area contributed by atoms with E-state index in [0.717, 1.165) is 5.01 Å². The molecular formula is C7H9NO2S2. The summed E-state index contributed by atoms with van der Waals surface area (Å²) in [6.45, 7) is 1.68. The molecule has 66 valence electrons. The molecule has 0 amide bonds. The summed E-state index contributed by atoms with van der Waals surface area (Å²) in [5, 5.41) is 11.1. The number of hydrogen-bond acceptors (Lipinski definition) is 4. The minimum Gasteiger partial charge on any atom is -0.480 e. The van der Waals surface area contributed by atoms with Gasteiger partial charge in [-0.15, -0.1) is 23.1 Å². The highest BCUT2D eigenvalue weighted by Crippen LogP contribution is 2.18. The summed E-state index contributed by atoms with van der Waals surface area (Å²) in [6.07, 6.45) is 1.73. The van der Waals surface area contributed by atoms with E-state index in [-0.39, 0.29) is 5.25 Å². The minimum atomic E-state index is -0.767. The maximum absolute atomic E-state index is 10.4. The first-order chi connectivity index (χ1) is 5.70. The maximum atomic E-state index is 10.4. The highest BCUT2D eigenvalue weighted by atomic mass is 32.2. The Bertz CT molecular complexity index is 248. The molecule has 12 heavy (non-hydrogen) atoms. The standard InChI is InChI=1S/C7H9NO2S2/c1-5(7(9)10)12-4-6-8-2-3-11-6/h2-3,5H,4H2,1H3,(H,9,10). The van der Waals surface area contributed by atoms with E-state index in [2.05, 4.69) is 4.98 Å². The number of carboxylic acid groups (broad SMARTS) is 1. The van der Waals surface area contributed by atoms with Gasteiger partial charge in [-0.3, -0.25) is 4.79 Å². The number of hydrogen-bond donors (Lipinski definition) is 1. The Kier molecular flexibility index (Phi) is 3.55. The van der Waals surface area contributed by atoms with Gasteiger partial charge < -0.3 is 5.11 Å². The molecule has 1 atom stereocenters. The van der Waals surface area contributed by atoms with Gasteiger partial charge in [0.05, 0.1) is 5.25 Å². The van der Waals surface area contributed by atoms with E-state index in [4.69, 9.17) is 5.11 Å². The van der Waals surface area contributed by atoms with Crippen molar-refractivity contribution in [2.45, 2.75) is 17.9 Å². The quantitative estimate of drug-likeness (QED) is 0.811. The summed E-state index contributed by atoms with van der Waals surface area (Å²) in [5.74, 6) is -0.0814. The molecule has 1 rings (SSSR count). The van der Waals surface area contributed by atoms with E-state index < -0.39 is 5.97 Å². The Hall–Kier alpha value is -0.550. The first kappa shape index (κ1) is 9.54. The summed E-state index contributed by atoms with van der Waals surface area (Å²) in [5.41, 5.74) is 0. The zero-order valence-corrected chi connectivity index (χ0v) is 8.19. The molecule has 1 N–H and O–H groups in total. The molecule has 0 aliphatic carbocycles. The lowest BCUT2D eigenvalue weighted by Crippen LogP contribution is -2.11. The summed E-state index contributed by atoms with van der Waals surface area (Å²) < 4.78 is 0. The Morgan fingerprint density at radius 3 is 3.17 bits per heavy atom. The topological polar surface area (TPSA) is 50.2 Å². The lowest BCUT2D eigenvalue weighted by molar-refractivity contribution is -0.136. The van der Waals surface area contributed by atoms with Gasteiger partial charge in [0, 0.05) is 17.3 Å². The van der Waals surface area contributed by atoms with Crippen molar-refractivity contribution in [2.24, 2.45) is 0 Å². The zero-order chi connectivity index (χ0) is 8.97. The minimum absolute atomic E-state index is 0.353. The molecule has 3 nitrogen and oxygen atoms in total. The number of aromatic nitrogens is 1. The van der Waals surface area contributed by atoms with Gasteiger partial charge >= 0.3 is 5.97 Å². The second-order valence-electron chi connectivity index (χ2n) is 2.22. The molecule has 0 bridgehead atoms. The number of carboxylic acids is 1. The van der Waals surface area contributed by atoms with E-state index in [1.54, 1.807) is 24.5 Å². The van der Waals surface area contributed by atoms with Gasteiger partial charge in [-0.1, -0.05) is 0 Å². The molecule has 1 heterocycles. The lowest BCUT2D eigenvalue weighted by Gasteiger charge is -2.02. The fourth-order valence-corrected chi connectivity index (χ4v) is 2.08. The zero-order valence-electron chi connectivity index (χ0n) is 6.56. The smallest absolute Gasteiger partial charge is 0.316 e. The van der Waals surface area contributed by atoms with Crippen molar-refractivity contribution in [1.29, 1.82) is 0 Å². The summed E-state index contributed by atoms with van der Waals surface area (Å²) in [6, 6.07) is 0. The SMILES string of the molecule is CC(SCc1nccs1)C(=O)O. The third-order valence-corrected chi connectivity index (χ3v) is 3.39. The van der Waals surface area contributed by atoms with Crippen LogP contribution in [0.4, 0.5) is 0 Å². The first-order valence-electron chi connectivity index (χ1n) is 3.43. The van der Waals surface area contributed by atoms with Crippen LogP contribution in [0.1, 0.15) is 11.9 Å². The Morgan fingerprint density at radius 1 is 1.92 bits per heavy atom. The highest BCUT2D eigenvalue weighted by molar-refractivity contribution is 7.99. The Labute approximate surface area is 78.8 Å². The van der Waals surface area contributed by atoms with Gasteiger partial charge in [0.15, 0.2) is 0 Å².